The van der Waals surface area contributed by atoms with Crippen LogP contribution in [-0.2, 0) is 9.53 Å². The van der Waals surface area contributed by atoms with Gasteiger partial charge in [-0.2, -0.15) is 0 Å². The number of carbonyl (C=O) groups is 1. The van der Waals surface area contributed by atoms with Crippen molar-refractivity contribution < 1.29 is 9.53 Å². The Kier molecular flexibility index (Phi) is 13.9. The van der Waals surface area contributed by atoms with Crippen molar-refractivity contribution in [2.75, 3.05) is 32.7 Å². The molecule has 4 heteroatoms. The minimum atomic E-state index is 0.214. The second-order valence-corrected chi connectivity index (χ2v) is 5.31. The summed E-state index contributed by atoms with van der Waals surface area (Å²) in [6.07, 6.45) is 9.30. The van der Waals surface area contributed by atoms with Crippen LogP contribution in [0.4, 0.5) is 0 Å². The molecule has 0 rings (SSSR count). The van der Waals surface area contributed by atoms with E-state index < -0.39 is 0 Å². The fourth-order valence-electron chi connectivity index (χ4n) is 2.06. The Bertz CT molecular complexity index is 212. The van der Waals surface area contributed by atoms with Gasteiger partial charge in [0.1, 0.15) is 0 Å². The van der Waals surface area contributed by atoms with Crippen LogP contribution in [0.15, 0.2) is 0 Å². The molecule has 0 aliphatic heterocycles. The number of alkyl halides is 1. The van der Waals surface area contributed by atoms with Crippen LogP contribution in [0.2, 0.25) is 0 Å². The fourth-order valence-corrected chi connectivity index (χ4v) is 2.26. The number of halogens is 1. The van der Waals surface area contributed by atoms with E-state index in [-0.39, 0.29) is 5.91 Å². The largest absolute Gasteiger partial charge is 0.383 e. The molecule has 0 fully saturated rings. The molecule has 3 nitrogen and oxygen atoms in total. The molecule has 0 aromatic carbocycles. The van der Waals surface area contributed by atoms with Gasteiger partial charge >= 0.3 is 0 Å². The molecular weight excluding hydrogens is 262 g/mol. The SMILES string of the molecule is CCCCCCCCCC(=O)N(CCCl)CCOC. The number of carbonyl (C=O) groups excluding carboxylic acids is 1. The van der Waals surface area contributed by atoms with Crippen LogP contribution in [0.25, 0.3) is 0 Å². The van der Waals surface area contributed by atoms with Gasteiger partial charge in [-0.1, -0.05) is 45.4 Å². The van der Waals surface area contributed by atoms with Crippen molar-refractivity contribution in [3.63, 3.8) is 0 Å². The molecule has 0 unspecified atom stereocenters. The molecular formula is C15H30ClNO2. The molecule has 19 heavy (non-hydrogen) atoms. The van der Waals surface area contributed by atoms with Gasteiger partial charge in [0.15, 0.2) is 0 Å². The second-order valence-electron chi connectivity index (χ2n) is 4.93. The molecule has 0 aliphatic rings. The molecule has 0 aromatic heterocycles. The van der Waals surface area contributed by atoms with Crippen molar-refractivity contribution in [1.29, 1.82) is 0 Å². The van der Waals surface area contributed by atoms with Gasteiger partial charge in [-0.05, 0) is 6.42 Å². The highest BCUT2D eigenvalue weighted by molar-refractivity contribution is 6.18. The number of nitrogens with zero attached hydrogens (tertiary/aromatic N) is 1. The van der Waals surface area contributed by atoms with Gasteiger partial charge in [0.2, 0.25) is 5.91 Å². The first kappa shape index (κ1) is 18.7. The zero-order valence-electron chi connectivity index (χ0n) is 12.6. The lowest BCUT2D eigenvalue weighted by Gasteiger charge is -2.21. The maximum Gasteiger partial charge on any atom is 0.222 e. The molecule has 0 heterocycles. The number of methoxy groups -OCH3 is 1. The average molecular weight is 292 g/mol. The third kappa shape index (κ3) is 11.3. The summed E-state index contributed by atoms with van der Waals surface area (Å²) in [5, 5.41) is 0. The van der Waals surface area contributed by atoms with E-state index in [0.29, 0.717) is 32.0 Å². The maximum absolute atomic E-state index is 12.0. The third-order valence-corrected chi connectivity index (χ3v) is 3.44. The van der Waals surface area contributed by atoms with Crippen LogP contribution < -0.4 is 0 Å². The van der Waals surface area contributed by atoms with Crippen LogP contribution in [0.3, 0.4) is 0 Å². The van der Waals surface area contributed by atoms with Crippen molar-refractivity contribution in [3.05, 3.63) is 0 Å². The van der Waals surface area contributed by atoms with Crippen molar-refractivity contribution in [3.8, 4) is 0 Å². The normalized spacial score (nSPS) is 10.7. The van der Waals surface area contributed by atoms with Crippen LogP contribution in [0.5, 0.6) is 0 Å². The molecule has 0 radical (unpaired) electrons. The van der Waals surface area contributed by atoms with Gasteiger partial charge in [0, 0.05) is 32.5 Å². The number of unbranched alkanes of at least 4 members (excludes halogenated alkanes) is 6. The van der Waals surface area contributed by atoms with Gasteiger partial charge in [-0.3, -0.25) is 4.79 Å². The van der Waals surface area contributed by atoms with E-state index in [1.165, 1.54) is 32.1 Å². The molecule has 0 N–H and O–H groups in total. The first-order chi connectivity index (χ1) is 9.26. The zero-order chi connectivity index (χ0) is 14.3. The zero-order valence-corrected chi connectivity index (χ0v) is 13.4. The summed E-state index contributed by atoms with van der Waals surface area (Å²) in [6.45, 7) is 4.09. The lowest BCUT2D eigenvalue weighted by Crippen LogP contribution is -2.35. The minimum absolute atomic E-state index is 0.214. The monoisotopic (exact) mass is 291 g/mol. The summed E-state index contributed by atoms with van der Waals surface area (Å²) in [5.74, 6) is 0.707. The van der Waals surface area contributed by atoms with E-state index in [1.54, 1.807) is 7.11 Å². The predicted octanol–water partition coefficient (Wildman–Crippen LogP) is 3.84. The lowest BCUT2D eigenvalue weighted by atomic mass is 10.1. The number of ether oxygens (including phenoxy) is 1. The Balaban J connectivity index is 3.62. The molecule has 0 bridgehead atoms. The van der Waals surface area contributed by atoms with Crippen molar-refractivity contribution >= 4 is 17.5 Å². The Morgan fingerprint density at radius 3 is 2.26 bits per heavy atom. The fraction of sp³-hybridized carbons (Fsp3) is 0.933. The maximum atomic E-state index is 12.0. The summed E-state index contributed by atoms with van der Waals surface area (Å²) >= 11 is 5.72. The smallest absolute Gasteiger partial charge is 0.222 e. The number of hydrogen-bond acceptors (Lipinski definition) is 2. The van der Waals surface area contributed by atoms with E-state index in [4.69, 9.17) is 16.3 Å². The van der Waals surface area contributed by atoms with Crippen LogP contribution in [0, 0.1) is 0 Å². The summed E-state index contributed by atoms with van der Waals surface area (Å²) in [6, 6.07) is 0. The number of amides is 1. The van der Waals surface area contributed by atoms with E-state index >= 15 is 0 Å². The Morgan fingerprint density at radius 1 is 1.05 bits per heavy atom. The highest BCUT2D eigenvalue weighted by Gasteiger charge is 2.11. The van der Waals surface area contributed by atoms with E-state index in [1.807, 2.05) is 4.90 Å². The Labute approximate surface area is 123 Å². The standard InChI is InChI=1S/C15H30ClNO2/c1-3-4-5-6-7-8-9-10-15(18)17(12-11-16)13-14-19-2/h3-14H2,1-2H3. The highest BCUT2D eigenvalue weighted by atomic mass is 35.5. The number of rotatable bonds is 13. The van der Waals surface area contributed by atoms with Crippen molar-refractivity contribution in [1.82, 2.24) is 4.90 Å². The molecule has 0 aromatic rings. The minimum Gasteiger partial charge on any atom is -0.383 e. The molecule has 0 aliphatic carbocycles. The molecule has 0 saturated carbocycles. The third-order valence-electron chi connectivity index (χ3n) is 3.27. The summed E-state index contributed by atoms with van der Waals surface area (Å²) in [5.41, 5.74) is 0. The summed E-state index contributed by atoms with van der Waals surface area (Å²) in [4.78, 5) is 13.8. The van der Waals surface area contributed by atoms with E-state index in [2.05, 4.69) is 6.92 Å². The second kappa shape index (κ2) is 14.1. The van der Waals surface area contributed by atoms with Gasteiger partial charge in [-0.15, -0.1) is 11.6 Å². The van der Waals surface area contributed by atoms with Crippen LogP contribution in [0.1, 0.15) is 58.3 Å². The molecule has 0 saturated heterocycles. The first-order valence-electron chi connectivity index (χ1n) is 7.59. The predicted molar refractivity (Wildman–Crippen MR) is 81.8 cm³/mol. The van der Waals surface area contributed by atoms with Gasteiger partial charge in [-0.25, -0.2) is 0 Å². The van der Waals surface area contributed by atoms with Crippen LogP contribution in [-0.4, -0.2) is 43.5 Å². The number of hydrogen-bond donors (Lipinski definition) is 0. The average Bonchev–Trinajstić information content (AvgIpc) is 2.42. The van der Waals surface area contributed by atoms with Gasteiger partial charge < -0.3 is 9.64 Å². The summed E-state index contributed by atoms with van der Waals surface area (Å²) in [7, 11) is 1.65. The van der Waals surface area contributed by atoms with Crippen LogP contribution >= 0.6 is 11.6 Å². The molecule has 0 atom stereocenters. The quantitative estimate of drug-likeness (QED) is 0.381. The Hall–Kier alpha value is -0.280. The Morgan fingerprint density at radius 2 is 1.68 bits per heavy atom. The van der Waals surface area contributed by atoms with E-state index in [0.717, 1.165) is 12.8 Å². The highest BCUT2D eigenvalue weighted by Crippen LogP contribution is 2.09. The molecule has 1 amide bonds. The topological polar surface area (TPSA) is 29.5 Å². The van der Waals surface area contributed by atoms with E-state index in [9.17, 15) is 4.79 Å². The molecule has 0 spiro atoms. The van der Waals surface area contributed by atoms with Crippen molar-refractivity contribution in [2.24, 2.45) is 0 Å². The molecule has 114 valence electrons. The van der Waals surface area contributed by atoms with Gasteiger partial charge in [0.05, 0.1) is 6.61 Å². The van der Waals surface area contributed by atoms with Gasteiger partial charge in [0.25, 0.3) is 0 Å². The lowest BCUT2D eigenvalue weighted by molar-refractivity contribution is -0.131. The summed E-state index contributed by atoms with van der Waals surface area (Å²) < 4.78 is 5.01. The van der Waals surface area contributed by atoms with Crippen molar-refractivity contribution in [2.45, 2.75) is 58.3 Å². The first-order valence-corrected chi connectivity index (χ1v) is 8.12.